The Bertz CT molecular complexity index is 1180. The zero-order chi connectivity index (χ0) is 25.2. The second-order valence-corrected chi connectivity index (χ2v) is 8.76. The predicted octanol–water partition coefficient (Wildman–Crippen LogP) is 3.34. The summed E-state index contributed by atoms with van der Waals surface area (Å²) in [4.78, 5) is 23.7. The Hall–Kier alpha value is -3.47. The summed E-state index contributed by atoms with van der Waals surface area (Å²) < 4.78 is 43.6. The van der Waals surface area contributed by atoms with Gasteiger partial charge >= 0.3 is 6.18 Å². The summed E-state index contributed by atoms with van der Waals surface area (Å²) >= 11 is 0. The molecule has 1 aliphatic rings. The summed E-state index contributed by atoms with van der Waals surface area (Å²) in [5, 5.41) is 7.50. The number of carbonyl (C=O) groups is 1. The van der Waals surface area contributed by atoms with Crippen LogP contribution < -0.4 is 10.1 Å². The third-order valence-electron chi connectivity index (χ3n) is 6.26. The molecule has 8 nitrogen and oxygen atoms in total. The minimum absolute atomic E-state index is 0.0938. The third-order valence-corrected chi connectivity index (χ3v) is 6.26. The number of aromatic nitrogens is 4. The van der Waals surface area contributed by atoms with E-state index in [1.165, 1.54) is 18.5 Å². The lowest BCUT2D eigenvalue weighted by Gasteiger charge is -2.37. The quantitative estimate of drug-likeness (QED) is 0.573. The first-order valence-electron chi connectivity index (χ1n) is 11.2. The van der Waals surface area contributed by atoms with E-state index in [1.54, 1.807) is 18.2 Å². The van der Waals surface area contributed by atoms with E-state index in [0.717, 1.165) is 24.2 Å². The SMILES string of the molecule is Cc1c(C2CCN(C)CC2NC(=O)c2cc(-c3ccc(OCC(F)(F)F)cc3)ncn2)cnn1C. The van der Waals surface area contributed by atoms with Gasteiger partial charge in [-0.25, -0.2) is 9.97 Å². The fourth-order valence-corrected chi connectivity index (χ4v) is 4.28. The fraction of sp³-hybridized carbons (Fsp3) is 0.417. The van der Waals surface area contributed by atoms with E-state index in [9.17, 15) is 18.0 Å². The number of halogens is 3. The molecular formula is C24H27F3N6O2. The maximum atomic E-state index is 13.1. The van der Waals surface area contributed by atoms with Gasteiger partial charge < -0.3 is 15.0 Å². The molecular weight excluding hydrogens is 461 g/mol. The highest BCUT2D eigenvalue weighted by molar-refractivity contribution is 5.93. The Balaban J connectivity index is 1.48. The van der Waals surface area contributed by atoms with Crippen molar-refractivity contribution in [1.82, 2.24) is 30.0 Å². The number of aryl methyl sites for hydroxylation is 1. The van der Waals surface area contributed by atoms with Crippen LogP contribution in [0.4, 0.5) is 13.2 Å². The highest BCUT2D eigenvalue weighted by Gasteiger charge is 2.32. The lowest BCUT2D eigenvalue weighted by Crippen LogP contribution is -2.50. The molecule has 1 saturated heterocycles. The predicted molar refractivity (Wildman–Crippen MR) is 123 cm³/mol. The van der Waals surface area contributed by atoms with Crippen LogP contribution >= 0.6 is 0 Å². The van der Waals surface area contributed by atoms with Crippen LogP contribution in [0.25, 0.3) is 11.3 Å². The van der Waals surface area contributed by atoms with Gasteiger partial charge in [0.25, 0.3) is 5.91 Å². The van der Waals surface area contributed by atoms with Crippen LogP contribution in [-0.2, 0) is 7.05 Å². The molecule has 0 spiro atoms. The van der Waals surface area contributed by atoms with Crippen LogP contribution in [0.15, 0.2) is 42.9 Å². The van der Waals surface area contributed by atoms with Crippen LogP contribution in [0, 0.1) is 6.92 Å². The second kappa shape index (κ2) is 10.0. The number of amides is 1. The van der Waals surface area contributed by atoms with Gasteiger partial charge in [-0.1, -0.05) is 0 Å². The van der Waals surface area contributed by atoms with Crippen molar-refractivity contribution in [2.24, 2.45) is 7.05 Å². The summed E-state index contributed by atoms with van der Waals surface area (Å²) in [6.45, 7) is 2.28. The number of likely N-dealkylation sites (tertiary alicyclic amines) is 1. The monoisotopic (exact) mass is 488 g/mol. The van der Waals surface area contributed by atoms with E-state index in [-0.39, 0.29) is 29.3 Å². The zero-order valence-electron chi connectivity index (χ0n) is 19.7. The molecule has 1 aliphatic heterocycles. The molecule has 1 N–H and O–H groups in total. The molecule has 0 aliphatic carbocycles. The molecule has 3 heterocycles. The Morgan fingerprint density at radius 2 is 1.94 bits per heavy atom. The van der Waals surface area contributed by atoms with Gasteiger partial charge in [-0.15, -0.1) is 0 Å². The fourth-order valence-electron chi connectivity index (χ4n) is 4.28. The number of carbonyl (C=O) groups excluding carboxylic acids is 1. The van der Waals surface area contributed by atoms with Crippen molar-refractivity contribution in [3.8, 4) is 17.0 Å². The number of likely N-dealkylation sites (N-methyl/N-ethyl adjacent to an activating group) is 1. The number of benzene rings is 1. The molecule has 11 heteroatoms. The molecule has 2 atom stereocenters. The van der Waals surface area contributed by atoms with Crippen LogP contribution in [0.1, 0.15) is 34.1 Å². The maximum Gasteiger partial charge on any atom is 0.422 e. The van der Waals surface area contributed by atoms with Gasteiger partial charge in [0.15, 0.2) is 6.61 Å². The number of piperidine rings is 1. The molecule has 1 aromatic carbocycles. The van der Waals surface area contributed by atoms with Gasteiger partial charge in [0.05, 0.1) is 11.9 Å². The standard InChI is InChI=1S/C24H27F3N6O2/c1-15-19(11-30-33(15)3)18-8-9-32(2)12-22(18)31-23(34)21-10-20(28-14-29-21)16-4-6-17(7-5-16)35-13-24(25,26)27/h4-7,10-11,14,18,22H,8-9,12-13H2,1-3H3,(H,31,34). The number of nitrogens with one attached hydrogen (secondary N) is 1. The Morgan fingerprint density at radius 1 is 1.20 bits per heavy atom. The largest absolute Gasteiger partial charge is 0.484 e. The Kier molecular flexibility index (Phi) is 7.06. The summed E-state index contributed by atoms with van der Waals surface area (Å²) in [5.74, 6) is -0.0868. The van der Waals surface area contributed by atoms with Crippen molar-refractivity contribution in [2.75, 3.05) is 26.7 Å². The van der Waals surface area contributed by atoms with Gasteiger partial charge in [-0.3, -0.25) is 9.48 Å². The molecule has 2 unspecified atom stereocenters. The molecule has 186 valence electrons. The van der Waals surface area contributed by atoms with Crippen LogP contribution in [0.5, 0.6) is 5.75 Å². The molecule has 4 rings (SSSR count). The van der Waals surface area contributed by atoms with Crippen molar-refractivity contribution in [2.45, 2.75) is 31.5 Å². The maximum absolute atomic E-state index is 13.1. The summed E-state index contributed by atoms with van der Waals surface area (Å²) in [6, 6.07) is 7.49. The summed E-state index contributed by atoms with van der Waals surface area (Å²) in [6.07, 6.45) is -0.343. The molecule has 0 radical (unpaired) electrons. The van der Waals surface area contributed by atoms with Gasteiger partial charge in [0.2, 0.25) is 0 Å². The minimum Gasteiger partial charge on any atom is -0.484 e. The summed E-state index contributed by atoms with van der Waals surface area (Å²) in [7, 11) is 3.93. The lowest BCUT2D eigenvalue weighted by molar-refractivity contribution is -0.153. The van der Waals surface area contributed by atoms with E-state index in [1.807, 2.05) is 31.9 Å². The van der Waals surface area contributed by atoms with Crippen molar-refractivity contribution in [3.05, 3.63) is 59.8 Å². The minimum atomic E-state index is -4.41. The number of nitrogens with zero attached hydrogens (tertiary/aromatic N) is 5. The number of rotatable bonds is 6. The van der Waals surface area contributed by atoms with Crippen molar-refractivity contribution in [3.63, 3.8) is 0 Å². The first-order valence-corrected chi connectivity index (χ1v) is 11.2. The first kappa shape index (κ1) is 24.6. The molecule has 2 aromatic heterocycles. The van der Waals surface area contributed by atoms with E-state index in [2.05, 4.69) is 25.3 Å². The molecule has 1 fully saturated rings. The van der Waals surface area contributed by atoms with Gasteiger partial charge in [0, 0.05) is 36.8 Å². The number of hydrogen-bond donors (Lipinski definition) is 1. The third kappa shape index (κ3) is 5.97. The lowest BCUT2D eigenvalue weighted by atomic mass is 9.85. The highest BCUT2D eigenvalue weighted by atomic mass is 19.4. The molecule has 1 amide bonds. The average molecular weight is 489 g/mol. The van der Waals surface area contributed by atoms with Gasteiger partial charge in [-0.2, -0.15) is 18.3 Å². The Morgan fingerprint density at radius 3 is 2.60 bits per heavy atom. The number of hydrogen-bond acceptors (Lipinski definition) is 6. The highest BCUT2D eigenvalue weighted by Crippen LogP contribution is 2.30. The van der Waals surface area contributed by atoms with Crippen molar-refractivity contribution >= 4 is 5.91 Å². The van der Waals surface area contributed by atoms with E-state index >= 15 is 0 Å². The smallest absolute Gasteiger partial charge is 0.422 e. The molecule has 35 heavy (non-hydrogen) atoms. The number of ether oxygens (including phenoxy) is 1. The normalized spacial score (nSPS) is 18.9. The van der Waals surface area contributed by atoms with Crippen molar-refractivity contribution in [1.29, 1.82) is 0 Å². The molecule has 3 aromatic rings. The van der Waals surface area contributed by atoms with E-state index in [0.29, 0.717) is 17.8 Å². The number of alkyl halides is 3. The van der Waals surface area contributed by atoms with Crippen LogP contribution in [-0.4, -0.2) is 69.5 Å². The van der Waals surface area contributed by atoms with E-state index in [4.69, 9.17) is 4.74 Å². The molecule has 0 bridgehead atoms. The van der Waals surface area contributed by atoms with Crippen LogP contribution in [0.2, 0.25) is 0 Å². The van der Waals surface area contributed by atoms with E-state index < -0.39 is 12.8 Å². The van der Waals surface area contributed by atoms with Crippen molar-refractivity contribution < 1.29 is 22.7 Å². The first-order chi connectivity index (χ1) is 16.6. The average Bonchev–Trinajstić information content (AvgIpc) is 3.16. The second-order valence-electron chi connectivity index (χ2n) is 8.76. The topological polar surface area (TPSA) is 85.2 Å². The van der Waals surface area contributed by atoms with Crippen LogP contribution in [0.3, 0.4) is 0 Å². The summed E-state index contributed by atoms with van der Waals surface area (Å²) in [5.41, 5.74) is 3.52. The van der Waals surface area contributed by atoms with Gasteiger partial charge in [0.1, 0.15) is 17.8 Å². The Labute approximate surface area is 201 Å². The molecule has 0 saturated carbocycles. The zero-order valence-corrected chi connectivity index (χ0v) is 19.7. The van der Waals surface area contributed by atoms with Gasteiger partial charge in [-0.05, 0) is 62.8 Å².